The highest BCUT2D eigenvalue weighted by Crippen LogP contribution is 2.29. The number of carbonyl (C=O) groups is 2. The molecule has 0 N–H and O–H groups in total. The Hall–Kier alpha value is -0.310. The molecular formula is C15H28O2S. The van der Waals surface area contributed by atoms with Crippen LogP contribution in [-0.2, 0) is 9.59 Å². The Bertz CT molecular complexity index is 266. The number of unbranched alkanes of at least 4 members (excludes halogenated alkanes) is 2. The van der Waals surface area contributed by atoms with Gasteiger partial charge in [0.25, 0.3) is 0 Å². The first-order valence-corrected chi connectivity index (χ1v) is 7.77. The van der Waals surface area contributed by atoms with Gasteiger partial charge in [-0.05, 0) is 19.3 Å². The standard InChI is InChI=1S/C15H28O2S/c1-6-7-8-9-13(10-12(2)16)11-14(17)18-15(3,4)5/h13H,6-11H2,1-5H3/t13-/m0/s1. The minimum atomic E-state index is -0.0265. The Labute approximate surface area is 116 Å². The molecule has 0 aliphatic rings. The zero-order valence-electron chi connectivity index (χ0n) is 12.5. The molecule has 1 atom stereocenters. The first kappa shape index (κ1) is 17.7. The molecule has 0 spiro atoms. The molecular weight excluding hydrogens is 244 g/mol. The molecule has 106 valence electrons. The van der Waals surface area contributed by atoms with Crippen molar-refractivity contribution in [1.29, 1.82) is 0 Å². The summed E-state index contributed by atoms with van der Waals surface area (Å²) in [6.45, 7) is 9.93. The average Bonchev–Trinajstić information content (AvgIpc) is 2.13. The van der Waals surface area contributed by atoms with Crippen molar-refractivity contribution in [2.75, 3.05) is 0 Å². The van der Waals surface area contributed by atoms with Crippen molar-refractivity contribution >= 4 is 22.7 Å². The van der Waals surface area contributed by atoms with Gasteiger partial charge in [0.1, 0.15) is 5.78 Å². The van der Waals surface area contributed by atoms with E-state index in [-0.39, 0.29) is 21.6 Å². The van der Waals surface area contributed by atoms with E-state index in [1.54, 1.807) is 6.92 Å². The fourth-order valence-electron chi connectivity index (χ4n) is 1.98. The van der Waals surface area contributed by atoms with E-state index in [9.17, 15) is 9.59 Å². The van der Waals surface area contributed by atoms with Crippen molar-refractivity contribution in [2.24, 2.45) is 5.92 Å². The lowest BCUT2D eigenvalue weighted by Gasteiger charge is -2.19. The summed E-state index contributed by atoms with van der Waals surface area (Å²) in [5.74, 6) is 0.446. The zero-order chi connectivity index (χ0) is 14.2. The van der Waals surface area contributed by atoms with Crippen LogP contribution in [0.1, 0.15) is 73.1 Å². The molecule has 0 aliphatic heterocycles. The van der Waals surface area contributed by atoms with Crippen molar-refractivity contribution in [3.05, 3.63) is 0 Å². The maximum absolute atomic E-state index is 11.9. The van der Waals surface area contributed by atoms with Crippen LogP contribution in [0.3, 0.4) is 0 Å². The first-order chi connectivity index (χ1) is 8.24. The fraction of sp³-hybridized carbons (Fsp3) is 0.867. The van der Waals surface area contributed by atoms with Crippen LogP contribution in [0, 0.1) is 5.92 Å². The largest absolute Gasteiger partial charge is 0.300 e. The van der Waals surface area contributed by atoms with Crippen LogP contribution < -0.4 is 0 Å². The van der Waals surface area contributed by atoms with Gasteiger partial charge in [-0.25, -0.2) is 0 Å². The van der Waals surface area contributed by atoms with Crippen LogP contribution >= 0.6 is 11.8 Å². The second kappa shape index (κ2) is 8.73. The molecule has 0 aromatic carbocycles. The van der Waals surface area contributed by atoms with Gasteiger partial charge in [-0.1, -0.05) is 58.7 Å². The van der Waals surface area contributed by atoms with Gasteiger partial charge in [-0.2, -0.15) is 0 Å². The summed E-state index contributed by atoms with van der Waals surface area (Å²) in [5.41, 5.74) is 0. The summed E-state index contributed by atoms with van der Waals surface area (Å²) in [6.07, 6.45) is 5.60. The quantitative estimate of drug-likeness (QED) is 0.605. The maximum Gasteiger partial charge on any atom is 0.189 e. The van der Waals surface area contributed by atoms with Crippen LogP contribution in [0.5, 0.6) is 0 Å². The molecule has 0 aliphatic carbocycles. The predicted octanol–water partition coefficient (Wildman–Crippen LogP) is 4.61. The molecule has 0 fully saturated rings. The Morgan fingerprint density at radius 2 is 1.72 bits per heavy atom. The fourth-order valence-corrected chi connectivity index (χ4v) is 2.99. The maximum atomic E-state index is 11.9. The normalized spacial score (nSPS) is 13.4. The number of carbonyl (C=O) groups excluding carboxylic acids is 2. The molecule has 0 saturated heterocycles. The van der Waals surface area contributed by atoms with Crippen molar-refractivity contribution in [3.63, 3.8) is 0 Å². The van der Waals surface area contributed by atoms with Gasteiger partial charge in [0.05, 0.1) is 0 Å². The summed E-state index contributed by atoms with van der Waals surface area (Å²) in [5, 5.41) is 0.227. The van der Waals surface area contributed by atoms with Crippen molar-refractivity contribution in [2.45, 2.75) is 77.9 Å². The predicted molar refractivity (Wildman–Crippen MR) is 79.9 cm³/mol. The van der Waals surface area contributed by atoms with E-state index in [1.165, 1.54) is 24.6 Å². The van der Waals surface area contributed by atoms with E-state index >= 15 is 0 Å². The number of hydrogen-bond acceptors (Lipinski definition) is 3. The second-order valence-corrected chi connectivity index (χ2v) is 7.94. The monoisotopic (exact) mass is 272 g/mol. The summed E-state index contributed by atoms with van der Waals surface area (Å²) < 4.78 is -0.0265. The van der Waals surface area contributed by atoms with Crippen LogP contribution in [0.4, 0.5) is 0 Å². The third kappa shape index (κ3) is 10.8. The summed E-state index contributed by atoms with van der Waals surface area (Å²) in [4.78, 5) is 23.2. The third-order valence-electron chi connectivity index (χ3n) is 2.67. The van der Waals surface area contributed by atoms with Crippen LogP contribution in [0.25, 0.3) is 0 Å². The molecule has 0 rings (SSSR count). The molecule has 2 nitrogen and oxygen atoms in total. The lowest BCUT2D eigenvalue weighted by Crippen LogP contribution is -2.16. The molecule has 0 aromatic heterocycles. The molecule has 0 unspecified atom stereocenters. The molecule has 0 bridgehead atoms. The second-order valence-electron chi connectivity index (χ2n) is 6.06. The molecule has 0 radical (unpaired) electrons. The number of thioether (sulfide) groups is 1. The zero-order valence-corrected chi connectivity index (χ0v) is 13.4. The highest BCUT2D eigenvalue weighted by atomic mass is 32.2. The Balaban J connectivity index is 4.21. The van der Waals surface area contributed by atoms with E-state index in [4.69, 9.17) is 0 Å². The van der Waals surface area contributed by atoms with Crippen molar-refractivity contribution in [1.82, 2.24) is 0 Å². The highest BCUT2D eigenvalue weighted by molar-refractivity contribution is 8.14. The molecule has 0 aromatic rings. The van der Waals surface area contributed by atoms with E-state index < -0.39 is 0 Å². The molecule has 0 saturated carbocycles. The summed E-state index contributed by atoms with van der Waals surface area (Å²) in [7, 11) is 0. The molecule has 0 amide bonds. The molecule has 18 heavy (non-hydrogen) atoms. The molecule has 3 heteroatoms. The Kier molecular flexibility index (Phi) is 8.58. The topological polar surface area (TPSA) is 34.1 Å². The highest BCUT2D eigenvalue weighted by Gasteiger charge is 2.21. The van der Waals surface area contributed by atoms with Crippen molar-refractivity contribution < 1.29 is 9.59 Å². The van der Waals surface area contributed by atoms with Gasteiger partial charge in [0.15, 0.2) is 5.12 Å². The minimum absolute atomic E-state index is 0.0265. The van der Waals surface area contributed by atoms with E-state index in [0.717, 1.165) is 12.8 Å². The summed E-state index contributed by atoms with van der Waals surface area (Å²) in [6, 6.07) is 0. The van der Waals surface area contributed by atoms with E-state index in [1.807, 2.05) is 20.8 Å². The Morgan fingerprint density at radius 1 is 1.11 bits per heavy atom. The van der Waals surface area contributed by atoms with Gasteiger partial charge in [-0.15, -0.1) is 0 Å². The third-order valence-corrected chi connectivity index (χ3v) is 3.67. The van der Waals surface area contributed by atoms with E-state index in [0.29, 0.717) is 12.8 Å². The van der Waals surface area contributed by atoms with Gasteiger partial charge in [0, 0.05) is 17.6 Å². The van der Waals surface area contributed by atoms with Gasteiger partial charge in [0.2, 0.25) is 0 Å². The SMILES string of the molecule is CCCCC[C@@H](CC(C)=O)CC(=O)SC(C)(C)C. The number of rotatable bonds is 8. The first-order valence-electron chi connectivity index (χ1n) is 6.96. The van der Waals surface area contributed by atoms with Crippen LogP contribution in [0.15, 0.2) is 0 Å². The van der Waals surface area contributed by atoms with Gasteiger partial charge >= 0.3 is 0 Å². The smallest absolute Gasteiger partial charge is 0.189 e. The van der Waals surface area contributed by atoms with E-state index in [2.05, 4.69) is 6.92 Å². The minimum Gasteiger partial charge on any atom is -0.300 e. The lowest BCUT2D eigenvalue weighted by molar-refractivity contribution is -0.118. The average molecular weight is 272 g/mol. The summed E-state index contributed by atoms with van der Waals surface area (Å²) >= 11 is 1.40. The number of hydrogen-bond donors (Lipinski definition) is 0. The number of ketones is 1. The molecule has 0 heterocycles. The van der Waals surface area contributed by atoms with Crippen molar-refractivity contribution in [3.8, 4) is 0 Å². The lowest BCUT2D eigenvalue weighted by atomic mass is 9.93. The van der Waals surface area contributed by atoms with Gasteiger partial charge < -0.3 is 4.79 Å². The number of Topliss-reactive ketones (excluding diaryl/α,β-unsaturated/α-hetero) is 1. The Morgan fingerprint density at radius 3 is 2.17 bits per heavy atom. The van der Waals surface area contributed by atoms with Crippen LogP contribution in [0.2, 0.25) is 0 Å². The van der Waals surface area contributed by atoms with Crippen LogP contribution in [-0.4, -0.2) is 15.6 Å². The van der Waals surface area contributed by atoms with Gasteiger partial charge in [-0.3, -0.25) is 4.79 Å².